The molecule has 0 spiro atoms. The highest BCUT2D eigenvalue weighted by molar-refractivity contribution is 5.98. The Bertz CT molecular complexity index is 553. The van der Waals surface area contributed by atoms with Gasteiger partial charge < -0.3 is 16.0 Å². The Morgan fingerprint density at radius 3 is 2.17 bits per heavy atom. The van der Waals surface area contributed by atoms with Crippen molar-refractivity contribution in [2.45, 2.75) is 33.7 Å². The molecule has 1 aromatic carbocycles. The number of amides is 3. The molecule has 0 saturated carbocycles. The van der Waals surface area contributed by atoms with Gasteiger partial charge in [0.25, 0.3) is 5.91 Å². The van der Waals surface area contributed by atoms with E-state index in [1.165, 1.54) is 0 Å². The van der Waals surface area contributed by atoms with Gasteiger partial charge in [-0.25, -0.2) is 0 Å². The number of rotatable bonds is 7. The van der Waals surface area contributed by atoms with E-state index < -0.39 is 6.04 Å². The zero-order valence-corrected chi connectivity index (χ0v) is 14.1. The molecule has 1 atom stereocenters. The molecule has 0 aliphatic rings. The largest absolute Gasteiger partial charge is 0.355 e. The van der Waals surface area contributed by atoms with Crippen molar-refractivity contribution in [2.24, 2.45) is 5.92 Å². The predicted molar refractivity (Wildman–Crippen MR) is 89.0 cm³/mol. The molecule has 1 unspecified atom stereocenters. The Morgan fingerprint density at radius 1 is 1.04 bits per heavy atom. The topological polar surface area (TPSA) is 87.3 Å². The van der Waals surface area contributed by atoms with Gasteiger partial charge >= 0.3 is 0 Å². The van der Waals surface area contributed by atoms with Crippen molar-refractivity contribution >= 4 is 17.7 Å². The summed E-state index contributed by atoms with van der Waals surface area (Å²) in [5.74, 6) is -1.03. The van der Waals surface area contributed by atoms with Crippen molar-refractivity contribution in [1.29, 1.82) is 0 Å². The average molecular weight is 319 g/mol. The number of likely N-dealkylation sites (N-methyl/N-ethyl adjacent to an activating group) is 1. The van der Waals surface area contributed by atoms with Gasteiger partial charge in [0.2, 0.25) is 11.8 Å². The first-order valence-electron chi connectivity index (χ1n) is 7.77. The molecule has 1 rings (SSSR count). The number of nitrogens with one attached hydrogen (secondary N) is 3. The van der Waals surface area contributed by atoms with Gasteiger partial charge in [-0.1, -0.05) is 31.5 Å². The minimum atomic E-state index is -0.696. The van der Waals surface area contributed by atoms with Crippen molar-refractivity contribution in [1.82, 2.24) is 16.0 Å². The fraction of sp³-hybridized carbons (Fsp3) is 0.471. The molecule has 6 nitrogen and oxygen atoms in total. The molecule has 0 fully saturated rings. The van der Waals surface area contributed by atoms with Gasteiger partial charge in [-0.3, -0.25) is 14.4 Å². The molecule has 0 heterocycles. The maximum absolute atomic E-state index is 12.2. The molecule has 6 heteroatoms. The average Bonchev–Trinajstić information content (AvgIpc) is 2.50. The lowest BCUT2D eigenvalue weighted by molar-refractivity contribution is -0.127. The smallest absolute Gasteiger partial charge is 0.251 e. The lowest BCUT2D eigenvalue weighted by atomic mass is 10.0. The number of hydrogen-bond acceptors (Lipinski definition) is 3. The summed E-state index contributed by atoms with van der Waals surface area (Å²) >= 11 is 0. The Balaban J connectivity index is 2.67. The first-order valence-corrected chi connectivity index (χ1v) is 7.77. The minimum Gasteiger partial charge on any atom is -0.355 e. The second kappa shape index (κ2) is 8.92. The van der Waals surface area contributed by atoms with Crippen LogP contribution in [0.25, 0.3) is 0 Å². The normalized spacial score (nSPS) is 11.7. The lowest BCUT2D eigenvalue weighted by Crippen LogP contribution is -2.51. The van der Waals surface area contributed by atoms with E-state index >= 15 is 0 Å². The van der Waals surface area contributed by atoms with Gasteiger partial charge in [-0.15, -0.1) is 0 Å². The van der Waals surface area contributed by atoms with Crippen molar-refractivity contribution < 1.29 is 14.4 Å². The fourth-order valence-electron chi connectivity index (χ4n) is 2.00. The molecule has 0 aromatic heterocycles. The summed E-state index contributed by atoms with van der Waals surface area (Å²) in [6, 6.07) is 6.42. The van der Waals surface area contributed by atoms with Crippen LogP contribution in [0.4, 0.5) is 0 Å². The maximum atomic E-state index is 12.2. The van der Waals surface area contributed by atoms with Gasteiger partial charge in [-0.2, -0.15) is 0 Å². The summed E-state index contributed by atoms with van der Waals surface area (Å²) in [7, 11) is 0. The Labute approximate surface area is 137 Å². The van der Waals surface area contributed by atoms with E-state index in [1.807, 2.05) is 32.9 Å². The third kappa shape index (κ3) is 6.10. The maximum Gasteiger partial charge on any atom is 0.251 e. The molecule has 3 N–H and O–H groups in total. The van der Waals surface area contributed by atoms with E-state index in [4.69, 9.17) is 0 Å². The zero-order chi connectivity index (χ0) is 17.4. The first kappa shape index (κ1) is 18.7. The molecule has 0 aliphatic heterocycles. The number of benzene rings is 1. The van der Waals surface area contributed by atoms with Gasteiger partial charge in [0.05, 0.1) is 6.54 Å². The Kier molecular flexibility index (Phi) is 7.25. The van der Waals surface area contributed by atoms with Crippen molar-refractivity contribution in [3.05, 3.63) is 35.4 Å². The van der Waals surface area contributed by atoms with E-state index in [9.17, 15) is 14.4 Å². The molecular formula is C17H25N3O3. The van der Waals surface area contributed by atoms with Crippen LogP contribution >= 0.6 is 0 Å². The minimum absolute atomic E-state index is 0.0985. The summed E-state index contributed by atoms with van der Waals surface area (Å²) in [5.41, 5.74) is 1.56. The molecule has 126 valence electrons. The summed E-state index contributed by atoms with van der Waals surface area (Å²) in [5, 5.41) is 7.87. The molecule has 23 heavy (non-hydrogen) atoms. The second-order valence-electron chi connectivity index (χ2n) is 5.73. The SMILES string of the molecule is CCNC(=O)CNC(=O)C(NC(=O)c1ccc(C)cc1)C(C)C. The highest BCUT2D eigenvalue weighted by atomic mass is 16.2. The quantitative estimate of drug-likeness (QED) is 0.701. The summed E-state index contributed by atoms with van der Waals surface area (Å²) < 4.78 is 0. The van der Waals surface area contributed by atoms with E-state index in [-0.39, 0.29) is 30.2 Å². The number of carbonyl (C=O) groups excluding carboxylic acids is 3. The number of hydrogen-bond donors (Lipinski definition) is 3. The summed E-state index contributed by atoms with van der Waals surface area (Å²) in [6.07, 6.45) is 0. The number of carbonyl (C=O) groups is 3. The molecular weight excluding hydrogens is 294 g/mol. The zero-order valence-electron chi connectivity index (χ0n) is 14.1. The molecule has 0 aliphatic carbocycles. The van der Waals surface area contributed by atoms with Gasteiger partial charge in [0.1, 0.15) is 6.04 Å². The van der Waals surface area contributed by atoms with Crippen LogP contribution in [0.5, 0.6) is 0 Å². The van der Waals surface area contributed by atoms with Crippen LogP contribution < -0.4 is 16.0 Å². The van der Waals surface area contributed by atoms with Gasteiger partial charge in [-0.05, 0) is 31.9 Å². The number of aryl methyl sites for hydroxylation is 1. The van der Waals surface area contributed by atoms with Crippen LogP contribution in [0.3, 0.4) is 0 Å². The van der Waals surface area contributed by atoms with Crippen LogP contribution in [-0.2, 0) is 9.59 Å². The summed E-state index contributed by atoms with van der Waals surface area (Å²) in [6.45, 7) is 7.83. The van der Waals surface area contributed by atoms with Crippen molar-refractivity contribution in [2.75, 3.05) is 13.1 Å². The monoisotopic (exact) mass is 319 g/mol. The van der Waals surface area contributed by atoms with Crippen molar-refractivity contribution in [3.63, 3.8) is 0 Å². The van der Waals surface area contributed by atoms with Crippen LogP contribution in [0.2, 0.25) is 0 Å². The highest BCUT2D eigenvalue weighted by Crippen LogP contribution is 2.06. The van der Waals surface area contributed by atoms with E-state index in [0.29, 0.717) is 12.1 Å². The van der Waals surface area contributed by atoms with E-state index in [0.717, 1.165) is 5.56 Å². The van der Waals surface area contributed by atoms with Crippen LogP contribution in [0.1, 0.15) is 36.7 Å². The van der Waals surface area contributed by atoms with Crippen LogP contribution in [0, 0.1) is 12.8 Å². The predicted octanol–water partition coefficient (Wildman–Crippen LogP) is 1.00. The molecule has 0 radical (unpaired) electrons. The first-order chi connectivity index (χ1) is 10.8. The molecule has 1 aromatic rings. The van der Waals surface area contributed by atoms with Crippen LogP contribution in [0.15, 0.2) is 24.3 Å². The Morgan fingerprint density at radius 2 is 1.65 bits per heavy atom. The lowest BCUT2D eigenvalue weighted by Gasteiger charge is -2.21. The van der Waals surface area contributed by atoms with Crippen LogP contribution in [-0.4, -0.2) is 36.9 Å². The third-order valence-electron chi connectivity index (χ3n) is 3.35. The Hall–Kier alpha value is -2.37. The molecule has 3 amide bonds. The van der Waals surface area contributed by atoms with Crippen molar-refractivity contribution in [3.8, 4) is 0 Å². The highest BCUT2D eigenvalue weighted by Gasteiger charge is 2.24. The fourth-order valence-corrected chi connectivity index (χ4v) is 2.00. The third-order valence-corrected chi connectivity index (χ3v) is 3.35. The second-order valence-corrected chi connectivity index (χ2v) is 5.73. The molecule has 0 saturated heterocycles. The van der Waals surface area contributed by atoms with E-state index in [2.05, 4.69) is 16.0 Å². The standard InChI is InChI=1S/C17H25N3O3/c1-5-18-14(21)10-19-17(23)15(11(2)3)20-16(22)13-8-6-12(4)7-9-13/h6-9,11,15H,5,10H2,1-4H3,(H,18,21)(H,19,23)(H,20,22). The van der Waals surface area contributed by atoms with Gasteiger partial charge in [0, 0.05) is 12.1 Å². The molecule has 0 bridgehead atoms. The van der Waals surface area contributed by atoms with E-state index in [1.54, 1.807) is 19.1 Å². The summed E-state index contributed by atoms with van der Waals surface area (Å²) in [4.78, 5) is 35.9. The van der Waals surface area contributed by atoms with Gasteiger partial charge in [0.15, 0.2) is 0 Å².